The van der Waals surface area contributed by atoms with E-state index in [0.717, 1.165) is 89.9 Å². The second-order valence-electron chi connectivity index (χ2n) is 28.8. The molecule has 2 unspecified atom stereocenters. The lowest BCUT2D eigenvalue weighted by Gasteiger charge is -2.21. The van der Waals surface area contributed by atoms with Crippen molar-refractivity contribution >= 4 is 39.5 Å². The minimum atomic E-state index is -4.96. The van der Waals surface area contributed by atoms with Crippen molar-refractivity contribution in [1.29, 1.82) is 0 Å². The molecule has 0 radical (unpaired) electrons. The van der Waals surface area contributed by atoms with Crippen molar-refractivity contribution in [2.75, 3.05) is 39.6 Å². The molecule has 5 atom stereocenters. The van der Waals surface area contributed by atoms with Gasteiger partial charge in [0, 0.05) is 25.7 Å². The smallest absolute Gasteiger partial charge is 0.462 e. The van der Waals surface area contributed by atoms with Gasteiger partial charge in [-0.1, -0.05) is 381 Å². The summed E-state index contributed by atoms with van der Waals surface area (Å²) < 4.78 is 68.6. The number of rotatable bonds is 81. The van der Waals surface area contributed by atoms with E-state index in [1.165, 1.54) is 263 Å². The molecule has 0 saturated heterocycles. The summed E-state index contributed by atoms with van der Waals surface area (Å²) in [6.45, 7) is 5.01. The van der Waals surface area contributed by atoms with Crippen LogP contribution in [0.5, 0.6) is 0 Å². The minimum absolute atomic E-state index is 0.108. The van der Waals surface area contributed by atoms with E-state index in [2.05, 4.69) is 27.7 Å². The zero-order valence-electron chi connectivity index (χ0n) is 64.5. The first-order valence-electron chi connectivity index (χ1n) is 41.8. The van der Waals surface area contributed by atoms with E-state index in [9.17, 15) is 43.2 Å². The van der Waals surface area contributed by atoms with Gasteiger partial charge in [-0.2, -0.15) is 0 Å². The van der Waals surface area contributed by atoms with Crippen LogP contribution in [-0.2, 0) is 65.4 Å². The van der Waals surface area contributed by atoms with E-state index in [0.29, 0.717) is 25.7 Å². The maximum Gasteiger partial charge on any atom is 0.472 e. The lowest BCUT2D eigenvalue weighted by molar-refractivity contribution is -0.161. The van der Waals surface area contributed by atoms with E-state index >= 15 is 0 Å². The predicted octanol–water partition coefficient (Wildman–Crippen LogP) is 24.2. The molecule has 19 heteroatoms. The van der Waals surface area contributed by atoms with Crippen molar-refractivity contribution in [2.45, 2.75) is 451 Å². The molecule has 0 spiro atoms. The number of aliphatic hydroxyl groups excluding tert-OH is 1. The van der Waals surface area contributed by atoms with Crippen LogP contribution in [-0.4, -0.2) is 96.7 Å². The van der Waals surface area contributed by atoms with Crippen LogP contribution < -0.4 is 0 Å². The van der Waals surface area contributed by atoms with Gasteiger partial charge in [-0.3, -0.25) is 37.3 Å². The van der Waals surface area contributed by atoms with Crippen LogP contribution in [0, 0.1) is 0 Å². The Hall–Kier alpha value is -1.94. The molecular formula is C80H156O17P2. The fourth-order valence-corrected chi connectivity index (χ4v) is 14.0. The van der Waals surface area contributed by atoms with Crippen molar-refractivity contribution in [2.24, 2.45) is 0 Å². The fraction of sp³-hybridized carbons (Fsp3) is 0.950. The summed E-state index contributed by atoms with van der Waals surface area (Å²) in [7, 11) is -9.91. The molecule has 0 aliphatic heterocycles. The van der Waals surface area contributed by atoms with Crippen molar-refractivity contribution in [3.8, 4) is 0 Å². The van der Waals surface area contributed by atoms with E-state index in [1.54, 1.807) is 0 Å². The topological polar surface area (TPSA) is 237 Å². The molecule has 0 heterocycles. The van der Waals surface area contributed by atoms with Crippen LogP contribution in [0.1, 0.15) is 432 Å². The fourth-order valence-electron chi connectivity index (χ4n) is 12.5. The molecule has 0 amide bonds. The van der Waals surface area contributed by atoms with Crippen LogP contribution >= 0.6 is 15.6 Å². The van der Waals surface area contributed by atoms with Crippen molar-refractivity contribution in [3.05, 3.63) is 0 Å². The van der Waals surface area contributed by atoms with Crippen molar-refractivity contribution in [3.63, 3.8) is 0 Å². The number of carbonyl (C=O) groups excluding carboxylic acids is 4. The summed E-state index contributed by atoms with van der Waals surface area (Å²) in [6, 6.07) is 0. The molecule has 3 N–H and O–H groups in total. The number of hydrogen-bond acceptors (Lipinski definition) is 15. The van der Waals surface area contributed by atoms with Gasteiger partial charge in [-0.15, -0.1) is 0 Å². The Balaban J connectivity index is 5.20. The second kappa shape index (κ2) is 74.3. The zero-order valence-corrected chi connectivity index (χ0v) is 66.3. The quantitative estimate of drug-likeness (QED) is 0.0222. The highest BCUT2D eigenvalue weighted by Crippen LogP contribution is 2.45. The van der Waals surface area contributed by atoms with E-state index in [1.807, 2.05) is 0 Å². The highest BCUT2D eigenvalue weighted by Gasteiger charge is 2.30. The lowest BCUT2D eigenvalue weighted by atomic mass is 10.0. The Morgan fingerprint density at radius 1 is 0.242 bits per heavy atom. The number of aliphatic hydroxyl groups is 1. The first-order chi connectivity index (χ1) is 48.2. The highest BCUT2D eigenvalue weighted by atomic mass is 31.2. The molecular weight excluding hydrogens is 1290 g/mol. The van der Waals surface area contributed by atoms with Crippen molar-refractivity contribution in [1.82, 2.24) is 0 Å². The maximum atomic E-state index is 13.1. The third kappa shape index (κ3) is 74.1. The molecule has 0 aliphatic carbocycles. The largest absolute Gasteiger partial charge is 0.472 e. The Morgan fingerprint density at radius 2 is 0.404 bits per heavy atom. The van der Waals surface area contributed by atoms with Gasteiger partial charge >= 0.3 is 39.5 Å². The van der Waals surface area contributed by atoms with E-state index < -0.39 is 97.5 Å². The summed E-state index contributed by atoms with van der Waals surface area (Å²) in [6.07, 6.45) is 66.6. The number of phosphoric ester groups is 2. The first-order valence-corrected chi connectivity index (χ1v) is 44.8. The van der Waals surface area contributed by atoms with Gasteiger partial charge in [0.05, 0.1) is 26.4 Å². The second-order valence-corrected chi connectivity index (χ2v) is 31.7. The Morgan fingerprint density at radius 3 is 0.596 bits per heavy atom. The number of carbonyl (C=O) groups is 4. The molecule has 0 fully saturated rings. The normalized spacial score (nSPS) is 13.8. The molecule has 0 aliphatic rings. The van der Waals surface area contributed by atoms with Crippen LogP contribution in [0.25, 0.3) is 0 Å². The van der Waals surface area contributed by atoms with Crippen LogP contribution in [0.4, 0.5) is 0 Å². The molecule has 0 bridgehead atoms. The summed E-state index contributed by atoms with van der Waals surface area (Å²) in [5.41, 5.74) is 0. The van der Waals surface area contributed by atoms with Gasteiger partial charge in [0.25, 0.3) is 0 Å². The minimum Gasteiger partial charge on any atom is -0.462 e. The highest BCUT2D eigenvalue weighted by molar-refractivity contribution is 7.47. The summed E-state index contributed by atoms with van der Waals surface area (Å²) in [5.74, 6) is -2.11. The van der Waals surface area contributed by atoms with Gasteiger partial charge in [-0.25, -0.2) is 9.13 Å². The molecule has 588 valence electrons. The molecule has 99 heavy (non-hydrogen) atoms. The first kappa shape index (κ1) is 97.1. The number of ether oxygens (including phenoxy) is 4. The third-order valence-electron chi connectivity index (χ3n) is 18.9. The number of esters is 4. The van der Waals surface area contributed by atoms with Gasteiger partial charge in [0.1, 0.15) is 19.3 Å². The van der Waals surface area contributed by atoms with Crippen LogP contribution in [0.15, 0.2) is 0 Å². The monoisotopic (exact) mass is 1450 g/mol. The van der Waals surface area contributed by atoms with Crippen LogP contribution in [0.2, 0.25) is 0 Å². The molecule has 0 aromatic carbocycles. The predicted molar refractivity (Wildman–Crippen MR) is 405 cm³/mol. The van der Waals surface area contributed by atoms with E-state index in [4.69, 9.17) is 37.0 Å². The summed E-state index contributed by atoms with van der Waals surface area (Å²) >= 11 is 0. The average molecular weight is 1450 g/mol. The van der Waals surface area contributed by atoms with Gasteiger partial charge in [0.2, 0.25) is 0 Å². The van der Waals surface area contributed by atoms with Gasteiger partial charge < -0.3 is 33.8 Å². The third-order valence-corrected chi connectivity index (χ3v) is 20.8. The molecule has 0 rings (SSSR count). The lowest BCUT2D eigenvalue weighted by Crippen LogP contribution is -2.30. The SMILES string of the molecule is CCCCCCCCCCCCCCCCCCCCCCCC(=O)O[C@H](COC(=O)CCCCCCCCCCCCCCCCCC)COP(=O)(O)OC[C@@H](O)COP(=O)(O)OC[C@@H](COC(=O)CCCCCCCCCCCC)OC(=O)CCCCCCCCCCCCCC. The number of phosphoric acid groups is 2. The van der Waals surface area contributed by atoms with Crippen molar-refractivity contribution < 1.29 is 80.2 Å². The van der Waals surface area contributed by atoms with Crippen LogP contribution in [0.3, 0.4) is 0 Å². The Bertz CT molecular complexity index is 1880. The average Bonchev–Trinajstić information content (AvgIpc) is 1.13. The molecule has 0 saturated carbocycles. The van der Waals surface area contributed by atoms with E-state index in [-0.39, 0.29) is 25.7 Å². The molecule has 0 aromatic rings. The van der Waals surface area contributed by atoms with Gasteiger partial charge in [0.15, 0.2) is 12.2 Å². The Labute approximate surface area is 607 Å². The number of unbranched alkanes of at least 4 members (excludes halogenated alkanes) is 55. The zero-order chi connectivity index (χ0) is 72.5. The maximum absolute atomic E-state index is 13.1. The molecule has 17 nitrogen and oxygen atoms in total. The standard InChI is InChI=1S/C80H156O17P2/c1-5-9-13-17-21-25-29-32-34-36-37-38-39-40-42-44-47-51-55-59-63-67-80(85)97-76(71-91-78(83)65-61-57-53-49-46-43-41-35-33-30-26-22-18-14-10-6-2)73-95-99(88,89)93-69-74(81)68-92-98(86,87)94-72-75(70-90-77(82)64-60-56-52-48-28-24-20-16-12-8-4)96-79(84)66-62-58-54-50-45-31-27-23-19-15-11-7-3/h74-76,81H,5-73H2,1-4H3,(H,86,87)(H,88,89)/t74-,75+,76+/m0/s1. The molecule has 0 aromatic heterocycles. The number of hydrogen-bond donors (Lipinski definition) is 3. The summed E-state index contributed by atoms with van der Waals surface area (Å²) in [4.78, 5) is 72.9. The van der Waals surface area contributed by atoms with Gasteiger partial charge in [-0.05, 0) is 25.7 Å². The Kier molecular flexibility index (Phi) is 72.9. The summed E-state index contributed by atoms with van der Waals surface area (Å²) in [5, 5.41) is 10.6.